The predicted molar refractivity (Wildman–Crippen MR) is 76.9 cm³/mol. The number of nitrogens with zero attached hydrogens (tertiary/aromatic N) is 1. The topological polar surface area (TPSA) is 37.0 Å². The van der Waals surface area contributed by atoms with Gasteiger partial charge in [-0.15, -0.1) is 0 Å². The Kier molecular flexibility index (Phi) is 4.18. The number of benzene rings is 1. The van der Waals surface area contributed by atoms with Gasteiger partial charge in [0.2, 0.25) is 0 Å². The van der Waals surface area contributed by atoms with Crippen LogP contribution in [0.15, 0.2) is 42.5 Å². The van der Waals surface area contributed by atoms with Gasteiger partial charge in [-0.05, 0) is 29.7 Å². The Morgan fingerprint density at radius 3 is 2.28 bits per heavy atom. The van der Waals surface area contributed by atoms with E-state index in [0.717, 1.165) is 24.6 Å². The van der Waals surface area contributed by atoms with E-state index in [2.05, 4.69) is 46.8 Å². The summed E-state index contributed by atoms with van der Waals surface area (Å²) in [5.41, 5.74) is 2.64. The average Bonchev–Trinajstić information content (AvgIpc) is 2.46. The van der Waals surface area contributed by atoms with Gasteiger partial charge in [-0.25, -0.2) is 4.98 Å². The molecule has 1 heterocycles. The number of pyridine rings is 1. The van der Waals surface area contributed by atoms with Crippen molar-refractivity contribution < 1.29 is 0 Å². The van der Waals surface area contributed by atoms with Gasteiger partial charge in [-0.3, -0.25) is 0 Å². The Hall–Kier alpha value is -2.03. The van der Waals surface area contributed by atoms with Crippen LogP contribution >= 0.6 is 0 Å². The highest BCUT2D eigenvalue weighted by Gasteiger charge is 1.97. The Bertz CT molecular complexity index is 491. The maximum absolute atomic E-state index is 4.42. The van der Waals surface area contributed by atoms with E-state index < -0.39 is 0 Å². The van der Waals surface area contributed by atoms with Crippen molar-refractivity contribution in [2.45, 2.75) is 19.9 Å². The van der Waals surface area contributed by atoms with E-state index in [4.69, 9.17) is 0 Å². The molecule has 0 amide bonds. The number of hydrogen-bond acceptors (Lipinski definition) is 3. The van der Waals surface area contributed by atoms with Gasteiger partial charge in [0.25, 0.3) is 0 Å². The van der Waals surface area contributed by atoms with Crippen LogP contribution in [-0.2, 0) is 13.0 Å². The molecule has 2 N–H and O–H groups in total. The Balaban J connectivity index is 1.97. The molecule has 0 aliphatic heterocycles. The van der Waals surface area contributed by atoms with E-state index in [0.29, 0.717) is 0 Å². The van der Waals surface area contributed by atoms with E-state index in [1.54, 1.807) is 0 Å². The van der Waals surface area contributed by atoms with Crippen LogP contribution in [0.5, 0.6) is 0 Å². The third-order valence-electron chi connectivity index (χ3n) is 2.91. The highest BCUT2D eigenvalue weighted by atomic mass is 15.0. The van der Waals surface area contributed by atoms with Crippen molar-refractivity contribution in [1.82, 2.24) is 4.98 Å². The fraction of sp³-hybridized carbons (Fsp3) is 0.267. The SMILES string of the molecule is CCc1ccc(CNc2cccc(NC)n2)cc1. The molecule has 0 saturated heterocycles. The molecular weight excluding hydrogens is 222 g/mol. The zero-order chi connectivity index (χ0) is 12.8. The first-order chi connectivity index (χ1) is 8.81. The summed E-state index contributed by atoms with van der Waals surface area (Å²) in [5, 5.41) is 6.35. The molecule has 3 heteroatoms. The van der Waals surface area contributed by atoms with Crippen LogP contribution in [0.1, 0.15) is 18.1 Å². The van der Waals surface area contributed by atoms with Gasteiger partial charge in [0.05, 0.1) is 0 Å². The van der Waals surface area contributed by atoms with E-state index in [1.165, 1.54) is 11.1 Å². The summed E-state index contributed by atoms with van der Waals surface area (Å²) in [6.07, 6.45) is 1.08. The summed E-state index contributed by atoms with van der Waals surface area (Å²) in [5.74, 6) is 1.77. The minimum Gasteiger partial charge on any atom is -0.373 e. The predicted octanol–water partition coefficient (Wildman–Crippen LogP) is 3.30. The fourth-order valence-corrected chi connectivity index (χ4v) is 1.76. The molecule has 94 valence electrons. The lowest BCUT2D eigenvalue weighted by atomic mass is 10.1. The molecule has 0 unspecified atom stereocenters. The number of anilines is 2. The molecule has 0 saturated carbocycles. The lowest BCUT2D eigenvalue weighted by molar-refractivity contribution is 1.09. The lowest BCUT2D eigenvalue weighted by Gasteiger charge is -2.07. The third kappa shape index (κ3) is 3.23. The van der Waals surface area contributed by atoms with Crippen LogP contribution in [0.3, 0.4) is 0 Å². The minimum absolute atomic E-state index is 0.796. The summed E-state index contributed by atoms with van der Waals surface area (Å²) >= 11 is 0. The van der Waals surface area contributed by atoms with E-state index in [1.807, 2.05) is 25.2 Å². The quantitative estimate of drug-likeness (QED) is 0.843. The van der Waals surface area contributed by atoms with Gasteiger partial charge in [-0.1, -0.05) is 37.3 Å². The van der Waals surface area contributed by atoms with Gasteiger partial charge in [-0.2, -0.15) is 0 Å². The first kappa shape index (κ1) is 12.4. The second kappa shape index (κ2) is 6.05. The molecule has 1 aromatic heterocycles. The molecule has 0 atom stereocenters. The van der Waals surface area contributed by atoms with Crippen LogP contribution in [0, 0.1) is 0 Å². The third-order valence-corrected chi connectivity index (χ3v) is 2.91. The lowest BCUT2D eigenvalue weighted by Crippen LogP contribution is -2.02. The smallest absolute Gasteiger partial charge is 0.128 e. The first-order valence-corrected chi connectivity index (χ1v) is 6.28. The molecule has 0 aliphatic rings. The van der Waals surface area contributed by atoms with Crippen molar-refractivity contribution in [1.29, 1.82) is 0 Å². The number of nitrogens with one attached hydrogen (secondary N) is 2. The van der Waals surface area contributed by atoms with Crippen LogP contribution in [0.2, 0.25) is 0 Å². The Labute approximate surface area is 108 Å². The number of hydrogen-bond donors (Lipinski definition) is 2. The molecule has 2 rings (SSSR count). The van der Waals surface area contributed by atoms with Gasteiger partial charge in [0.1, 0.15) is 11.6 Å². The molecule has 18 heavy (non-hydrogen) atoms. The van der Waals surface area contributed by atoms with Gasteiger partial charge >= 0.3 is 0 Å². The summed E-state index contributed by atoms with van der Waals surface area (Å²) in [6.45, 7) is 2.96. The van der Waals surface area contributed by atoms with Crippen LogP contribution < -0.4 is 10.6 Å². The van der Waals surface area contributed by atoms with Crippen LogP contribution in [-0.4, -0.2) is 12.0 Å². The second-order valence-corrected chi connectivity index (χ2v) is 4.18. The molecule has 1 aromatic carbocycles. The maximum atomic E-state index is 4.42. The zero-order valence-electron chi connectivity index (χ0n) is 10.9. The molecule has 0 bridgehead atoms. The molecule has 0 fully saturated rings. The van der Waals surface area contributed by atoms with Gasteiger partial charge in [0.15, 0.2) is 0 Å². The standard InChI is InChI=1S/C15H19N3/c1-3-12-7-9-13(10-8-12)11-17-15-6-4-5-14(16-2)18-15/h4-10H,3,11H2,1-2H3,(H2,16,17,18). The molecule has 2 aromatic rings. The van der Waals surface area contributed by atoms with Crippen LogP contribution in [0.25, 0.3) is 0 Å². The van der Waals surface area contributed by atoms with Gasteiger partial charge in [0, 0.05) is 13.6 Å². The van der Waals surface area contributed by atoms with E-state index >= 15 is 0 Å². The molecule has 0 spiro atoms. The Morgan fingerprint density at radius 2 is 1.61 bits per heavy atom. The molecule has 0 aliphatic carbocycles. The fourth-order valence-electron chi connectivity index (χ4n) is 1.76. The van der Waals surface area contributed by atoms with Crippen molar-refractivity contribution in [2.75, 3.05) is 17.7 Å². The van der Waals surface area contributed by atoms with Crippen molar-refractivity contribution in [2.24, 2.45) is 0 Å². The number of aryl methyl sites for hydroxylation is 1. The maximum Gasteiger partial charge on any atom is 0.128 e. The highest BCUT2D eigenvalue weighted by Crippen LogP contribution is 2.11. The van der Waals surface area contributed by atoms with Gasteiger partial charge < -0.3 is 10.6 Å². The average molecular weight is 241 g/mol. The largest absolute Gasteiger partial charge is 0.373 e. The molecule has 3 nitrogen and oxygen atoms in total. The summed E-state index contributed by atoms with van der Waals surface area (Å²) in [4.78, 5) is 4.42. The van der Waals surface area contributed by atoms with Crippen molar-refractivity contribution in [3.8, 4) is 0 Å². The monoisotopic (exact) mass is 241 g/mol. The number of rotatable bonds is 5. The minimum atomic E-state index is 0.796. The normalized spacial score (nSPS) is 10.1. The first-order valence-electron chi connectivity index (χ1n) is 6.28. The van der Waals surface area contributed by atoms with E-state index in [9.17, 15) is 0 Å². The van der Waals surface area contributed by atoms with Crippen molar-refractivity contribution in [3.63, 3.8) is 0 Å². The summed E-state index contributed by atoms with van der Waals surface area (Å²) in [6, 6.07) is 14.6. The second-order valence-electron chi connectivity index (χ2n) is 4.18. The van der Waals surface area contributed by atoms with E-state index in [-0.39, 0.29) is 0 Å². The summed E-state index contributed by atoms with van der Waals surface area (Å²) < 4.78 is 0. The zero-order valence-corrected chi connectivity index (χ0v) is 10.9. The molecular formula is C15H19N3. The Morgan fingerprint density at radius 1 is 0.944 bits per heavy atom. The van der Waals surface area contributed by atoms with Crippen molar-refractivity contribution >= 4 is 11.6 Å². The summed E-state index contributed by atoms with van der Waals surface area (Å²) in [7, 11) is 1.87. The van der Waals surface area contributed by atoms with Crippen molar-refractivity contribution in [3.05, 3.63) is 53.6 Å². The van der Waals surface area contributed by atoms with Crippen LogP contribution in [0.4, 0.5) is 11.6 Å². The highest BCUT2D eigenvalue weighted by molar-refractivity contribution is 5.45. The molecule has 0 radical (unpaired) electrons. The number of aromatic nitrogens is 1.